The normalized spacial score (nSPS) is 10.6. The maximum absolute atomic E-state index is 11.9. The Kier molecular flexibility index (Phi) is 6.92. The van der Waals surface area contributed by atoms with E-state index >= 15 is 0 Å². The molecule has 4 heteroatoms. The number of urea groups is 1. The number of carbonyl (C=O) groups is 1. The molecule has 0 unspecified atom stereocenters. The van der Waals surface area contributed by atoms with Crippen molar-refractivity contribution in [2.75, 3.05) is 13.6 Å². The molecule has 1 aromatic carbocycles. The van der Waals surface area contributed by atoms with Crippen LogP contribution < -0.4 is 5.32 Å². The minimum Gasteiger partial charge on any atom is -0.338 e. The average Bonchev–Trinajstić information content (AvgIpc) is 2.36. The molecule has 0 fully saturated rings. The van der Waals surface area contributed by atoms with Gasteiger partial charge in [0, 0.05) is 24.6 Å². The molecule has 1 rings (SSSR count). The molecule has 2 amide bonds. The fourth-order valence-electron chi connectivity index (χ4n) is 1.78. The van der Waals surface area contributed by atoms with Gasteiger partial charge in [-0.25, -0.2) is 4.79 Å². The molecule has 0 aliphatic carbocycles. The third-order valence-corrected chi connectivity index (χ3v) is 3.44. The van der Waals surface area contributed by atoms with Gasteiger partial charge >= 0.3 is 6.03 Å². The van der Waals surface area contributed by atoms with Crippen LogP contribution >= 0.6 is 15.9 Å². The third kappa shape index (κ3) is 6.62. The number of benzene rings is 1. The summed E-state index contributed by atoms with van der Waals surface area (Å²) in [6.07, 6.45) is 2.19. The van der Waals surface area contributed by atoms with Crippen LogP contribution in [0.1, 0.15) is 32.3 Å². The first kappa shape index (κ1) is 16.0. The standard InChI is InChI=1S/C15H23BrN2O/c1-12(2)5-4-10-17-15(19)18(3)11-13-6-8-14(16)9-7-13/h6-9,12H,4-5,10-11H2,1-3H3,(H,17,19). The zero-order valence-corrected chi connectivity index (χ0v) is 13.5. The molecular formula is C15H23BrN2O. The Morgan fingerprint density at radius 1 is 1.32 bits per heavy atom. The Morgan fingerprint density at radius 3 is 2.53 bits per heavy atom. The summed E-state index contributed by atoms with van der Waals surface area (Å²) in [5, 5.41) is 2.95. The van der Waals surface area contributed by atoms with Gasteiger partial charge in [0.2, 0.25) is 0 Å². The summed E-state index contributed by atoms with van der Waals surface area (Å²) < 4.78 is 1.05. The van der Waals surface area contributed by atoms with Crippen molar-refractivity contribution in [3.8, 4) is 0 Å². The van der Waals surface area contributed by atoms with Gasteiger partial charge in [0.15, 0.2) is 0 Å². The molecule has 0 spiro atoms. The predicted octanol–water partition coefficient (Wildman–Crippen LogP) is 4.03. The van der Waals surface area contributed by atoms with Gasteiger partial charge in [0.05, 0.1) is 0 Å². The van der Waals surface area contributed by atoms with E-state index in [1.54, 1.807) is 4.90 Å². The van der Waals surface area contributed by atoms with Crippen LogP contribution in [0.3, 0.4) is 0 Å². The second-order valence-electron chi connectivity index (χ2n) is 5.25. The average molecular weight is 327 g/mol. The van der Waals surface area contributed by atoms with Gasteiger partial charge in [-0.2, -0.15) is 0 Å². The molecule has 0 heterocycles. The minimum atomic E-state index is -0.00771. The second-order valence-corrected chi connectivity index (χ2v) is 6.17. The van der Waals surface area contributed by atoms with Crippen LogP contribution in [0.5, 0.6) is 0 Å². The Labute approximate surface area is 124 Å². The topological polar surface area (TPSA) is 32.3 Å². The summed E-state index contributed by atoms with van der Waals surface area (Å²) in [6, 6.07) is 8.01. The summed E-state index contributed by atoms with van der Waals surface area (Å²) >= 11 is 3.40. The molecule has 0 aliphatic rings. The molecule has 0 saturated carbocycles. The van der Waals surface area contributed by atoms with E-state index in [0.717, 1.165) is 29.4 Å². The van der Waals surface area contributed by atoms with Crippen LogP contribution in [0.25, 0.3) is 0 Å². The van der Waals surface area contributed by atoms with E-state index in [2.05, 4.69) is 35.1 Å². The second kappa shape index (κ2) is 8.20. The van der Waals surface area contributed by atoms with Crippen molar-refractivity contribution in [3.63, 3.8) is 0 Å². The number of nitrogens with one attached hydrogen (secondary N) is 1. The minimum absolute atomic E-state index is 0.00771. The van der Waals surface area contributed by atoms with Crippen LogP contribution in [-0.2, 0) is 6.54 Å². The molecule has 106 valence electrons. The zero-order valence-electron chi connectivity index (χ0n) is 11.9. The van der Waals surface area contributed by atoms with E-state index in [-0.39, 0.29) is 6.03 Å². The van der Waals surface area contributed by atoms with Gasteiger partial charge in [0.1, 0.15) is 0 Å². The molecule has 0 radical (unpaired) electrons. The van der Waals surface area contributed by atoms with Crippen molar-refractivity contribution < 1.29 is 4.79 Å². The van der Waals surface area contributed by atoms with Crippen molar-refractivity contribution in [1.29, 1.82) is 0 Å². The van der Waals surface area contributed by atoms with Crippen molar-refractivity contribution in [2.24, 2.45) is 5.92 Å². The van der Waals surface area contributed by atoms with Gasteiger partial charge in [-0.1, -0.05) is 41.9 Å². The summed E-state index contributed by atoms with van der Waals surface area (Å²) in [6.45, 7) is 5.77. The first-order valence-corrected chi connectivity index (χ1v) is 7.51. The van der Waals surface area contributed by atoms with Gasteiger partial charge in [-0.15, -0.1) is 0 Å². The number of rotatable bonds is 6. The van der Waals surface area contributed by atoms with Crippen LogP contribution in [-0.4, -0.2) is 24.5 Å². The molecule has 0 bridgehead atoms. The first-order valence-electron chi connectivity index (χ1n) is 6.72. The largest absolute Gasteiger partial charge is 0.338 e. The van der Waals surface area contributed by atoms with Crippen molar-refractivity contribution in [3.05, 3.63) is 34.3 Å². The molecule has 3 nitrogen and oxygen atoms in total. The molecule has 1 N–H and O–H groups in total. The zero-order chi connectivity index (χ0) is 14.3. The Bertz CT molecular complexity index is 390. The number of halogens is 1. The molecule has 0 saturated heterocycles. The number of nitrogens with zero attached hydrogens (tertiary/aromatic N) is 1. The molecule has 19 heavy (non-hydrogen) atoms. The highest BCUT2D eigenvalue weighted by Crippen LogP contribution is 2.11. The number of amides is 2. The lowest BCUT2D eigenvalue weighted by atomic mass is 10.1. The van der Waals surface area contributed by atoms with E-state index in [4.69, 9.17) is 0 Å². The molecule has 0 aromatic heterocycles. The van der Waals surface area contributed by atoms with E-state index in [1.807, 2.05) is 31.3 Å². The maximum Gasteiger partial charge on any atom is 0.317 e. The highest BCUT2D eigenvalue weighted by atomic mass is 79.9. The lowest BCUT2D eigenvalue weighted by Gasteiger charge is -2.18. The summed E-state index contributed by atoms with van der Waals surface area (Å²) in [7, 11) is 1.82. The molecule has 1 aromatic rings. The lowest BCUT2D eigenvalue weighted by Crippen LogP contribution is -2.37. The predicted molar refractivity (Wildman–Crippen MR) is 83.1 cm³/mol. The lowest BCUT2D eigenvalue weighted by molar-refractivity contribution is 0.206. The first-order chi connectivity index (χ1) is 8.99. The smallest absolute Gasteiger partial charge is 0.317 e. The number of hydrogen-bond acceptors (Lipinski definition) is 1. The van der Waals surface area contributed by atoms with Gasteiger partial charge < -0.3 is 10.2 Å². The summed E-state index contributed by atoms with van der Waals surface area (Å²) in [5.74, 6) is 0.692. The fourth-order valence-corrected chi connectivity index (χ4v) is 2.04. The quantitative estimate of drug-likeness (QED) is 0.786. The van der Waals surface area contributed by atoms with Crippen molar-refractivity contribution in [2.45, 2.75) is 33.2 Å². The highest BCUT2D eigenvalue weighted by Gasteiger charge is 2.08. The van der Waals surface area contributed by atoms with E-state index < -0.39 is 0 Å². The van der Waals surface area contributed by atoms with Crippen LogP contribution in [0.15, 0.2) is 28.7 Å². The monoisotopic (exact) mass is 326 g/mol. The van der Waals surface area contributed by atoms with Crippen LogP contribution in [0.2, 0.25) is 0 Å². The fraction of sp³-hybridized carbons (Fsp3) is 0.533. The van der Waals surface area contributed by atoms with Gasteiger partial charge in [0.25, 0.3) is 0 Å². The van der Waals surface area contributed by atoms with Crippen molar-refractivity contribution >= 4 is 22.0 Å². The number of hydrogen-bond donors (Lipinski definition) is 1. The third-order valence-electron chi connectivity index (χ3n) is 2.91. The van der Waals surface area contributed by atoms with E-state index in [9.17, 15) is 4.79 Å². The summed E-state index contributed by atoms with van der Waals surface area (Å²) in [5.41, 5.74) is 1.13. The van der Waals surface area contributed by atoms with Crippen LogP contribution in [0.4, 0.5) is 4.79 Å². The maximum atomic E-state index is 11.9. The van der Waals surface area contributed by atoms with Crippen molar-refractivity contribution in [1.82, 2.24) is 10.2 Å². The van der Waals surface area contributed by atoms with Crippen LogP contribution in [0, 0.1) is 5.92 Å². The molecule has 0 atom stereocenters. The Hall–Kier alpha value is -1.03. The summed E-state index contributed by atoms with van der Waals surface area (Å²) in [4.78, 5) is 13.6. The van der Waals surface area contributed by atoms with Gasteiger partial charge in [-0.3, -0.25) is 0 Å². The number of carbonyl (C=O) groups excluding carboxylic acids is 1. The highest BCUT2D eigenvalue weighted by molar-refractivity contribution is 9.10. The Balaban J connectivity index is 2.30. The van der Waals surface area contributed by atoms with Gasteiger partial charge in [-0.05, 0) is 36.5 Å². The Morgan fingerprint density at radius 2 is 1.95 bits per heavy atom. The SMILES string of the molecule is CC(C)CCCNC(=O)N(C)Cc1ccc(Br)cc1. The molecule has 0 aliphatic heterocycles. The molecular weight excluding hydrogens is 304 g/mol. The van der Waals surface area contributed by atoms with E-state index in [0.29, 0.717) is 12.5 Å². The van der Waals surface area contributed by atoms with E-state index in [1.165, 1.54) is 0 Å².